The van der Waals surface area contributed by atoms with E-state index in [4.69, 9.17) is 5.21 Å². The van der Waals surface area contributed by atoms with Crippen molar-refractivity contribution in [3.8, 4) is 0 Å². The van der Waals surface area contributed by atoms with Crippen LogP contribution in [-0.4, -0.2) is 5.21 Å². The number of rotatable bonds is 5. The molecule has 13 heavy (non-hydrogen) atoms. The van der Waals surface area contributed by atoms with E-state index in [1.165, 1.54) is 24.0 Å². The second-order valence-electron chi connectivity index (χ2n) is 3.21. The van der Waals surface area contributed by atoms with E-state index in [9.17, 15) is 0 Å². The molecule has 2 nitrogen and oxygen atoms in total. The van der Waals surface area contributed by atoms with Crippen molar-refractivity contribution in [1.29, 1.82) is 0 Å². The van der Waals surface area contributed by atoms with Crippen LogP contribution < -0.4 is 5.48 Å². The predicted molar refractivity (Wildman–Crippen MR) is 53.7 cm³/mol. The second-order valence-corrected chi connectivity index (χ2v) is 3.21. The van der Waals surface area contributed by atoms with Gasteiger partial charge in [-0.05, 0) is 24.0 Å². The number of hydrogen-bond acceptors (Lipinski definition) is 2. The minimum absolute atomic E-state index is 0.542. The molecule has 0 fully saturated rings. The van der Waals surface area contributed by atoms with Crippen LogP contribution in [0.15, 0.2) is 24.3 Å². The number of nitrogens with one attached hydrogen (secondary N) is 1. The number of hydroxylamine groups is 1. The molecule has 72 valence electrons. The highest BCUT2D eigenvalue weighted by atomic mass is 16.5. The van der Waals surface area contributed by atoms with Gasteiger partial charge in [-0.15, -0.1) is 0 Å². The Morgan fingerprint density at radius 2 is 1.92 bits per heavy atom. The Bertz CT molecular complexity index is 248. The highest BCUT2D eigenvalue weighted by Crippen LogP contribution is 2.11. The monoisotopic (exact) mass is 179 g/mol. The Labute approximate surface area is 79.6 Å². The van der Waals surface area contributed by atoms with Crippen molar-refractivity contribution in [2.75, 3.05) is 0 Å². The predicted octanol–water partition coefficient (Wildman–Crippen LogP) is 2.51. The first-order valence-corrected chi connectivity index (χ1v) is 4.82. The zero-order chi connectivity index (χ0) is 9.52. The quantitative estimate of drug-likeness (QED) is 0.681. The Balaban J connectivity index is 2.66. The van der Waals surface area contributed by atoms with Gasteiger partial charge in [-0.3, -0.25) is 0 Å². The van der Waals surface area contributed by atoms with E-state index in [1.54, 1.807) is 0 Å². The molecule has 0 amide bonds. The first-order chi connectivity index (χ1) is 6.38. The molecule has 0 bridgehead atoms. The minimum atomic E-state index is 0.542. The van der Waals surface area contributed by atoms with Crippen molar-refractivity contribution < 1.29 is 5.21 Å². The molecule has 0 aliphatic rings. The third-order valence-corrected chi connectivity index (χ3v) is 2.19. The number of hydrogen-bond donors (Lipinski definition) is 2. The molecule has 1 rings (SSSR count). The number of benzene rings is 1. The average molecular weight is 179 g/mol. The standard InChI is InChI=1S/C11H17NO/c1-2-3-6-10-7-4-5-8-11(10)9-12-13/h4-5,7-8,12-13H,2-3,6,9H2,1H3. The highest BCUT2D eigenvalue weighted by Gasteiger charge is 1.99. The zero-order valence-corrected chi connectivity index (χ0v) is 8.09. The van der Waals surface area contributed by atoms with Crippen LogP contribution in [-0.2, 0) is 13.0 Å². The summed E-state index contributed by atoms with van der Waals surface area (Å²) in [6, 6.07) is 8.23. The molecule has 1 aromatic rings. The maximum Gasteiger partial charge on any atom is 0.0460 e. The molecule has 0 atom stereocenters. The van der Waals surface area contributed by atoms with E-state index in [0.29, 0.717) is 6.54 Å². The summed E-state index contributed by atoms with van der Waals surface area (Å²) in [6.45, 7) is 2.73. The molecule has 0 aliphatic carbocycles. The molecule has 0 radical (unpaired) electrons. The van der Waals surface area contributed by atoms with Crippen LogP contribution in [0.3, 0.4) is 0 Å². The number of aryl methyl sites for hydroxylation is 1. The first-order valence-electron chi connectivity index (χ1n) is 4.82. The molecule has 2 heteroatoms. The van der Waals surface area contributed by atoms with Crippen molar-refractivity contribution in [2.24, 2.45) is 0 Å². The summed E-state index contributed by atoms with van der Waals surface area (Å²) in [5.74, 6) is 0. The SMILES string of the molecule is CCCCc1ccccc1CNO. The van der Waals surface area contributed by atoms with E-state index in [-0.39, 0.29) is 0 Å². The third-order valence-electron chi connectivity index (χ3n) is 2.19. The first kappa shape index (κ1) is 10.2. The van der Waals surface area contributed by atoms with Gasteiger partial charge in [0.15, 0.2) is 0 Å². The van der Waals surface area contributed by atoms with E-state index in [0.717, 1.165) is 6.42 Å². The van der Waals surface area contributed by atoms with Gasteiger partial charge >= 0.3 is 0 Å². The summed E-state index contributed by atoms with van der Waals surface area (Å²) in [4.78, 5) is 0. The molecule has 0 saturated heterocycles. The van der Waals surface area contributed by atoms with Crippen LogP contribution in [0.1, 0.15) is 30.9 Å². The zero-order valence-electron chi connectivity index (χ0n) is 8.09. The van der Waals surface area contributed by atoms with Crippen molar-refractivity contribution >= 4 is 0 Å². The Kier molecular flexibility index (Phi) is 4.50. The third kappa shape index (κ3) is 3.17. The molecule has 0 saturated carbocycles. The molecule has 0 unspecified atom stereocenters. The van der Waals surface area contributed by atoms with Crippen molar-refractivity contribution in [3.05, 3.63) is 35.4 Å². The summed E-state index contributed by atoms with van der Waals surface area (Å²) < 4.78 is 0. The summed E-state index contributed by atoms with van der Waals surface area (Å²) in [7, 11) is 0. The van der Waals surface area contributed by atoms with E-state index in [2.05, 4.69) is 18.5 Å². The molecule has 2 N–H and O–H groups in total. The van der Waals surface area contributed by atoms with Gasteiger partial charge in [0.05, 0.1) is 0 Å². The van der Waals surface area contributed by atoms with Crippen molar-refractivity contribution in [1.82, 2.24) is 5.48 Å². The normalized spacial score (nSPS) is 10.3. The smallest absolute Gasteiger partial charge is 0.0460 e. The fourth-order valence-corrected chi connectivity index (χ4v) is 1.43. The fourth-order valence-electron chi connectivity index (χ4n) is 1.43. The topological polar surface area (TPSA) is 32.3 Å². The molecule has 1 aromatic carbocycles. The molecule has 0 spiro atoms. The average Bonchev–Trinajstić information content (AvgIpc) is 2.17. The van der Waals surface area contributed by atoms with E-state index < -0.39 is 0 Å². The van der Waals surface area contributed by atoms with Crippen LogP contribution in [0.4, 0.5) is 0 Å². The molecular formula is C11H17NO. The van der Waals surface area contributed by atoms with Crippen LogP contribution in [0.25, 0.3) is 0 Å². The van der Waals surface area contributed by atoms with Crippen LogP contribution in [0.5, 0.6) is 0 Å². The van der Waals surface area contributed by atoms with Gasteiger partial charge in [0.1, 0.15) is 0 Å². The van der Waals surface area contributed by atoms with Crippen molar-refractivity contribution in [2.45, 2.75) is 32.7 Å². The van der Waals surface area contributed by atoms with Gasteiger partial charge in [0.2, 0.25) is 0 Å². The molecule has 0 aliphatic heterocycles. The maximum atomic E-state index is 8.62. The highest BCUT2D eigenvalue weighted by molar-refractivity contribution is 5.26. The Hall–Kier alpha value is -0.860. The lowest BCUT2D eigenvalue weighted by atomic mass is 10.0. The lowest BCUT2D eigenvalue weighted by molar-refractivity contribution is 0.161. The van der Waals surface area contributed by atoms with E-state index in [1.807, 2.05) is 18.2 Å². The molecule has 0 aromatic heterocycles. The van der Waals surface area contributed by atoms with Gasteiger partial charge < -0.3 is 5.21 Å². The maximum absolute atomic E-state index is 8.62. The molecule has 0 heterocycles. The summed E-state index contributed by atoms with van der Waals surface area (Å²) in [5, 5.41) is 8.62. The van der Waals surface area contributed by atoms with Gasteiger partial charge in [-0.1, -0.05) is 37.6 Å². The second kappa shape index (κ2) is 5.73. The van der Waals surface area contributed by atoms with E-state index >= 15 is 0 Å². The lowest BCUT2D eigenvalue weighted by Crippen LogP contribution is -2.08. The lowest BCUT2D eigenvalue weighted by Gasteiger charge is -2.07. The Morgan fingerprint density at radius 3 is 2.54 bits per heavy atom. The number of unbranched alkanes of at least 4 members (excludes halogenated alkanes) is 1. The van der Waals surface area contributed by atoms with Gasteiger partial charge in [-0.25, -0.2) is 5.48 Å². The summed E-state index contributed by atoms with van der Waals surface area (Å²) in [6.07, 6.45) is 3.53. The van der Waals surface area contributed by atoms with Gasteiger partial charge in [0, 0.05) is 6.54 Å². The fraction of sp³-hybridized carbons (Fsp3) is 0.455. The molecular weight excluding hydrogens is 162 g/mol. The van der Waals surface area contributed by atoms with Crippen LogP contribution in [0, 0.1) is 0 Å². The van der Waals surface area contributed by atoms with Gasteiger partial charge in [-0.2, -0.15) is 0 Å². The summed E-state index contributed by atoms with van der Waals surface area (Å²) >= 11 is 0. The van der Waals surface area contributed by atoms with Crippen LogP contribution >= 0.6 is 0 Å². The van der Waals surface area contributed by atoms with Crippen molar-refractivity contribution in [3.63, 3.8) is 0 Å². The largest absolute Gasteiger partial charge is 0.316 e. The Morgan fingerprint density at radius 1 is 1.23 bits per heavy atom. The van der Waals surface area contributed by atoms with Gasteiger partial charge in [0.25, 0.3) is 0 Å². The minimum Gasteiger partial charge on any atom is -0.316 e. The van der Waals surface area contributed by atoms with Crippen LogP contribution in [0.2, 0.25) is 0 Å². The summed E-state index contributed by atoms with van der Waals surface area (Å²) in [5.41, 5.74) is 4.73.